The molecule has 7 nitrogen and oxygen atoms in total. The van der Waals surface area contributed by atoms with Crippen LogP contribution in [0.15, 0.2) is 59.2 Å². The second-order valence-corrected chi connectivity index (χ2v) is 9.85. The average molecular weight is 468 g/mol. The molecule has 1 unspecified atom stereocenters. The largest absolute Gasteiger partial charge is 0.497 e. The molecule has 8 heteroatoms. The Labute approximate surface area is 198 Å². The highest BCUT2D eigenvalue weighted by Gasteiger charge is 2.34. The summed E-state index contributed by atoms with van der Waals surface area (Å²) in [7, 11) is 3.17. The third-order valence-electron chi connectivity index (χ3n) is 4.71. The molecule has 1 heterocycles. The van der Waals surface area contributed by atoms with E-state index < -0.39 is 5.25 Å². The first-order chi connectivity index (χ1) is 15.6. The van der Waals surface area contributed by atoms with Gasteiger partial charge in [0, 0.05) is 11.6 Å². The van der Waals surface area contributed by atoms with E-state index in [1.165, 1.54) is 16.7 Å². The summed E-state index contributed by atoms with van der Waals surface area (Å²) in [6.45, 7) is 7.58. The van der Waals surface area contributed by atoms with Crippen molar-refractivity contribution in [2.24, 2.45) is 4.99 Å². The molecule has 0 saturated heterocycles. The Hall–Kier alpha value is -3.26. The summed E-state index contributed by atoms with van der Waals surface area (Å²) < 4.78 is 10.5. The third-order valence-corrected chi connectivity index (χ3v) is 5.76. The maximum absolute atomic E-state index is 13.4. The van der Waals surface area contributed by atoms with E-state index in [1.54, 1.807) is 33.3 Å². The first-order valence-corrected chi connectivity index (χ1v) is 11.4. The topological polar surface area (TPSA) is 80.2 Å². The number of hydrogen-bond donors (Lipinski definition) is 1. The molecule has 0 radical (unpaired) electrons. The van der Waals surface area contributed by atoms with Gasteiger partial charge < -0.3 is 14.8 Å². The average Bonchev–Trinajstić information content (AvgIpc) is 3.07. The Balaban J connectivity index is 1.95. The van der Waals surface area contributed by atoms with Crippen LogP contribution in [0.1, 0.15) is 33.3 Å². The standard InChI is InChI=1S/C25H29N3O4S/c1-16(22(29)27-25(2,3)4)33-24-26-21(14-17-10-12-19(31-5)13-11-17)23(30)28(24)18-8-7-9-20(15-18)32-6/h7-16H,1-6H3,(H,27,29)/b21-14-. The number of amidine groups is 1. The van der Waals surface area contributed by atoms with E-state index in [0.717, 1.165) is 11.3 Å². The molecule has 0 saturated carbocycles. The first kappa shape index (κ1) is 24.4. The van der Waals surface area contributed by atoms with Crippen LogP contribution >= 0.6 is 11.8 Å². The molecule has 0 bridgehead atoms. The number of amides is 2. The predicted octanol–water partition coefficient (Wildman–Crippen LogP) is 4.48. The number of nitrogens with zero attached hydrogens (tertiary/aromatic N) is 2. The molecule has 0 aromatic heterocycles. The molecule has 33 heavy (non-hydrogen) atoms. The molecule has 1 aliphatic rings. The molecule has 0 fully saturated rings. The van der Waals surface area contributed by atoms with Crippen molar-refractivity contribution < 1.29 is 19.1 Å². The maximum atomic E-state index is 13.4. The van der Waals surface area contributed by atoms with Crippen LogP contribution in [0.3, 0.4) is 0 Å². The molecule has 0 aliphatic carbocycles. The van der Waals surface area contributed by atoms with Crippen LogP contribution in [0.4, 0.5) is 5.69 Å². The lowest BCUT2D eigenvalue weighted by atomic mass is 10.1. The summed E-state index contributed by atoms with van der Waals surface area (Å²) in [5.74, 6) is 0.952. The summed E-state index contributed by atoms with van der Waals surface area (Å²) in [6, 6.07) is 14.6. The number of methoxy groups -OCH3 is 2. The van der Waals surface area contributed by atoms with E-state index in [1.807, 2.05) is 63.2 Å². The van der Waals surface area contributed by atoms with Crippen LogP contribution in [0, 0.1) is 0 Å². The van der Waals surface area contributed by atoms with Gasteiger partial charge in [-0.15, -0.1) is 0 Å². The molecule has 1 atom stereocenters. The lowest BCUT2D eigenvalue weighted by Gasteiger charge is -2.24. The second-order valence-electron chi connectivity index (χ2n) is 8.54. The summed E-state index contributed by atoms with van der Waals surface area (Å²) in [5, 5.41) is 2.95. The Morgan fingerprint density at radius 2 is 1.76 bits per heavy atom. The normalized spacial score (nSPS) is 15.9. The number of carbonyl (C=O) groups is 2. The van der Waals surface area contributed by atoms with Crippen molar-refractivity contribution in [1.29, 1.82) is 0 Å². The van der Waals surface area contributed by atoms with Crippen LogP contribution < -0.4 is 19.7 Å². The van der Waals surface area contributed by atoms with Gasteiger partial charge in [-0.1, -0.05) is 30.0 Å². The van der Waals surface area contributed by atoms with Crippen molar-refractivity contribution >= 4 is 40.5 Å². The van der Waals surface area contributed by atoms with Crippen LogP contribution in [0.2, 0.25) is 0 Å². The molecular formula is C25H29N3O4S. The highest BCUT2D eigenvalue weighted by atomic mass is 32.2. The Kier molecular flexibility index (Phi) is 7.48. The van der Waals surface area contributed by atoms with Crippen molar-refractivity contribution in [3.63, 3.8) is 0 Å². The molecule has 3 rings (SSSR count). The van der Waals surface area contributed by atoms with Gasteiger partial charge in [0.25, 0.3) is 5.91 Å². The zero-order chi connectivity index (χ0) is 24.2. The SMILES string of the molecule is COc1ccc(/C=C2\N=C(SC(C)C(=O)NC(C)(C)C)N(c3cccc(OC)c3)C2=O)cc1. The lowest BCUT2D eigenvalue weighted by molar-refractivity contribution is -0.121. The van der Waals surface area contributed by atoms with Crippen LogP contribution in [-0.4, -0.2) is 42.0 Å². The number of rotatable bonds is 6. The summed E-state index contributed by atoms with van der Waals surface area (Å²) in [5.41, 5.74) is 1.37. The van der Waals surface area contributed by atoms with Gasteiger partial charge in [-0.25, -0.2) is 4.99 Å². The number of nitrogens with one attached hydrogen (secondary N) is 1. The van der Waals surface area contributed by atoms with E-state index in [-0.39, 0.29) is 23.1 Å². The smallest absolute Gasteiger partial charge is 0.283 e. The summed E-state index contributed by atoms with van der Waals surface area (Å²) >= 11 is 1.24. The highest BCUT2D eigenvalue weighted by Crippen LogP contribution is 2.33. The lowest BCUT2D eigenvalue weighted by Crippen LogP contribution is -2.45. The molecule has 2 amide bonds. The van der Waals surface area contributed by atoms with Gasteiger partial charge in [-0.3, -0.25) is 14.5 Å². The van der Waals surface area contributed by atoms with Crippen LogP contribution in [-0.2, 0) is 9.59 Å². The van der Waals surface area contributed by atoms with Crippen molar-refractivity contribution in [2.45, 2.75) is 38.5 Å². The fourth-order valence-electron chi connectivity index (χ4n) is 3.09. The Bertz CT molecular complexity index is 1090. The van der Waals surface area contributed by atoms with Gasteiger partial charge in [0.05, 0.1) is 25.2 Å². The van der Waals surface area contributed by atoms with Crippen molar-refractivity contribution in [3.8, 4) is 11.5 Å². The Morgan fingerprint density at radius 3 is 2.36 bits per heavy atom. The minimum atomic E-state index is -0.454. The molecule has 2 aromatic rings. The zero-order valence-electron chi connectivity index (χ0n) is 19.7. The van der Waals surface area contributed by atoms with Gasteiger partial charge in [-0.05, 0) is 63.6 Å². The number of hydrogen-bond acceptors (Lipinski definition) is 6. The summed E-state index contributed by atoms with van der Waals surface area (Å²) in [6.07, 6.45) is 1.72. The van der Waals surface area contributed by atoms with Crippen LogP contribution in [0.5, 0.6) is 11.5 Å². The van der Waals surface area contributed by atoms with E-state index in [0.29, 0.717) is 16.6 Å². The van der Waals surface area contributed by atoms with Crippen LogP contribution in [0.25, 0.3) is 6.08 Å². The fraction of sp³-hybridized carbons (Fsp3) is 0.320. The van der Waals surface area contributed by atoms with E-state index in [2.05, 4.69) is 10.3 Å². The molecule has 0 spiro atoms. The molecule has 2 aromatic carbocycles. The van der Waals surface area contributed by atoms with E-state index >= 15 is 0 Å². The van der Waals surface area contributed by atoms with Gasteiger partial charge >= 0.3 is 0 Å². The quantitative estimate of drug-likeness (QED) is 0.634. The Morgan fingerprint density at radius 1 is 1.09 bits per heavy atom. The van der Waals surface area contributed by atoms with Crippen molar-refractivity contribution in [1.82, 2.24) is 5.32 Å². The zero-order valence-corrected chi connectivity index (χ0v) is 20.5. The third kappa shape index (κ3) is 6.16. The van der Waals surface area contributed by atoms with Gasteiger partial charge in [0.15, 0.2) is 5.17 Å². The number of benzene rings is 2. The molecule has 1 N–H and O–H groups in total. The number of carbonyl (C=O) groups excluding carboxylic acids is 2. The summed E-state index contributed by atoms with van der Waals surface area (Å²) in [4.78, 5) is 32.2. The van der Waals surface area contributed by atoms with Gasteiger partial charge in [0.2, 0.25) is 5.91 Å². The molecule has 174 valence electrons. The highest BCUT2D eigenvalue weighted by molar-refractivity contribution is 8.15. The van der Waals surface area contributed by atoms with E-state index in [9.17, 15) is 9.59 Å². The van der Waals surface area contributed by atoms with E-state index in [4.69, 9.17) is 9.47 Å². The molecule has 1 aliphatic heterocycles. The number of thioether (sulfide) groups is 1. The van der Waals surface area contributed by atoms with Gasteiger partial charge in [0.1, 0.15) is 17.2 Å². The van der Waals surface area contributed by atoms with Gasteiger partial charge in [-0.2, -0.15) is 0 Å². The first-order valence-electron chi connectivity index (χ1n) is 10.5. The monoisotopic (exact) mass is 467 g/mol. The number of aliphatic imine (C=N–C) groups is 1. The van der Waals surface area contributed by atoms with Crippen molar-refractivity contribution in [3.05, 3.63) is 59.8 Å². The fourth-order valence-corrected chi connectivity index (χ4v) is 4.02. The number of anilines is 1. The second kappa shape index (κ2) is 10.1. The minimum absolute atomic E-state index is 0.124. The number of ether oxygens (including phenoxy) is 2. The molecular weight excluding hydrogens is 438 g/mol. The predicted molar refractivity (Wildman–Crippen MR) is 134 cm³/mol. The maximum Gasteiger partial charge on any atom is 0.283 e. The minimum Gasteiger partial charge on any atom is -0.497 e. The van der Waals surface area contributed by atoms with Crippen molar-refractivity contribution in [2.75, 3.05) is 19.1 Å².